The number of methoxy groups -OCH3 is 1. The molecular formula is C17H18N2O3. The van der Waals surface area contributed by atoms with Gasteiger partial charge in [0.25, 0.3) is 0 Å². The van der Waals surface area contributed by atoms with Crippen molar-refractivity contribution in [2.24, 2.45) is 0 Å². The van der Waals surface area contributed by atoms with Gasteiger partial charge in [0.1, 0.15) is 5.75 Å². The van der Waals surface area contributed by atoms with Crippen LogP contribution in [-0.2, 0) is 9.59 Å². The molecule has 2 aromatic carbocycles. The van der Waals surface area contributed by atoms with Gasteiger partial charge in [-0.15, -0.1) is 0 Å². The van der Waals surface area contributed by atoms with Crippen molar-refractivity contribution in [2.75, 3.05) is 17.7 Å². The van der Waals surface area contributed by atoms with Crippen LogP contribution >= 0.6 is 0 Å². The van der Waals surface area contributed by atoms with E-state index in [1.54, 1.807) is 30.3 Å². The summed E-state index contributed by atoms with van der Waals surface area (Å²) in [5, 5.41) is 5.14. The van der Waals surface area contributed by atoms with Gasteiger partial charge in [0.2, 0.25) is 0 Å². The van der Waals surface area contributed by atoms with Gasteiger partial charge in [-0.25, -0.2) is 0 Å². The molecule has 0 saturated heterocycles. The molecule has 0 aliphatic rings. The summed E-state index contributed by atoms with van der Waals surface area (Å²) in [5.74, 6) is -0.975. The summed E-state index contributed by atoms with van der Waals surface area (Å²) in [7, 11) is 1.50. The second kappa shape index (κ2) is 6.76. The average molecular weight is 298 g/mol. The highest BCUT2D eigenvalue weighted by atomic mass is 16.5. The van der Waals surface area contributed by atoms with E-state index in [1.165, 1.54) is 7.11 Å². The number of carbonyl (C=O) groups excluding carboxylic acids is 2. The molecular weight excluding hydrogens is 280 g/mol. The fourth-order valence-corrected chi connectivity index (χ4v) is 2.06. The van der Waals surface area contributed by atoms with Gasteiger partial charge < -0.3 is 15.4 Å². The average Bonchev–Trinajstić information content (AvgIpc) is 2.50. The third-order valence-electron chi connectivity index (χ3n) is 3.19. The summed E-state index contributed by atoms with van der Waals surface area (Å²) < 4.78 is 5.13. The Balaban J connectivity index is 2.08. The lowest BCUT2D eigenvalue weighted by molar-refractivity contribution is -0.133. The molecule has 2 N–H and O–H groups in total. The Morgan fingerprint density at radius 3 is 2.18 bits per heavy atom. The van der Waals surface area contributed by atoms with E-state index in [4.69, 9.17) is 4.74 Å². The Morgan fingerprint density at radius 2 is 1.55 bits per heavy atom. The molecule has 5 heteroatoms. The molecule has 2 aromatic rings. The van der Waals surface area contributed by atoms with Crippen LogP contribution < -0.4 is 15.4 Å². The summed E-state index contributed by atoms with van der Waals surface area (Å²) in [6, 6.07) is 12.5. The fourth-order valence-electron chi connectivity index (χ4n) is 2.06. The van der Waals surface area contributed by atoms with Crippen molar-refractivity contribution in [3.05, 3.63) is 53.6 Å². The number of rotatable bonds is 3. The number of benzene rings is 2. The topological polar surface area (TPSA) is 67.4 Å². The van der Waals surface area contributed by atoms with E-state index in [9.17, 15) is 9.59 Å². The van der Waals surface area contributed by atoms with Gasteiger partial charge in [-0.05, 0) is 37.6 Å². The van der Waals surface area contributed by atoms with Crippen LogP contribution in [0.4, 0.5) is 11.4 Å². The number of ether oxygens (including phenoxy) is 1. The van der Waals surface area contributed by atoms with E-state index < -0.39 is 11.8 Å². The van der Waals surface area contributed by atoms with Crippen LogP contribution in [0.5, 0.6) is 5.75 Å². The minimum Gasteiger partial charge on any atom is -0.495 e. The van der Waals surface area contributed by atoms with Crippen LogP contribution in [0.15, 0.2) is 42.5 Å². The molecule has 0 unspecified atom stereocenters. The predicted octanol–water partition coefficient (Wildman–Crippen LogP) is 2.89. The van der Waals surface area contributed by atoms with Crippen molar-refractivity contribution in [2.45, 2.75) is 13.8 Å². The summed E-state index contributed by atoms with van der Waals surface area (Å²) in [6.07, 6.45) is 0. The van der Waals surface area contributed by atoms with Crippen LogP contribution in [0, 0.1) is 13.8 Å². The van der Waals surface area contributed by atoms with Crippen LogP contribution in [-0.4, -0.2) is 18.9 Å². The predicted molar refractivity (Wildman–Crippen MR) is 86.2 cm³/mol. The molecule has 114 valence electrons. The normalized spacial score (nSPS) is 9.95. The Labute approximate surface area is 129 Å². The van der Waals surface area contributed by atoms with Gasteiger partial charge >= 0.3 is 11.8 Å². The van der Waals surface area contributed by atoms with Crippen LogP contribution in [0.25, 0.3) is 0 Å². The number of nitrogens with one attached hydrogen (secondary N) is 2. The molecule has 22 heavy (non-hydrogen) atoms. The number of aryl methyl sites for hydroxylation is 2. The monoisotopic (exact) mass is 298 g/mol. The highest BCUT2D eigenvalue weighted by Gasteiger charge is 2.16. The molecule has 0 aromatic heterocycles. The Kier molecular flexibility index (Phi) is 4.78. The standard InChI is InChI=1S/C17H18N2O3/c1-11-8-9-13(12(2)10-11)18-16(20)17(21)19-14-6-4-5-7-15(14)22-3/h4-10H,1-3H3,(H,18,20)(H,19,21). The summed E-state index contributed by atoms with van der Waals surface area (Å²) in [6.45, 7) is 3.84. The summed E-state index contributed by atoms with van der Waals surface area (Å²) >= 11 is 0. The largest absolute Gasteiger partial charge is 0.495 e. The first-order valence-electron chi connectivity index (χ1n) is 6.84. The van der Waals surface area contributed by atoms with Crippen molar-refractivity contribution < 1.29 is 14.3 Å². The van der Waals surface area contributed by atoms with E-state index >= 15 is 0 Å². The Bertz CT molecular complexity index is 711. The fraction of sp³-hybridized carbons (Fsp3) is 0.176. The lowest BCUT2D eigenvalue weighted by Gasteiger charge is -2.11. The molecule has 2 rings (SSSR count). The lowest BCUT2D eigenvalue weighted by atomic mass is 10.1. The van der Waals surface area contributed by atoms with Gasteiger partial charge in [0.05, 0.1) is 12.8 Å². The maximum atomic E-state index is 12.0. The zero-order valence-corrected chi connectivity index (χ0v) is 12.8. The lowest BCUT2D eigenvalue weighted by Crippen LogP contribution is -2.29. The van der Waals surface area contributed by atoms with Gasteiger partial charge in [0.15, 0.2) is 0 Å². The first-order valence-corrected chi connectivity index (χ1v) is 6.84. The second-order valence-corrected chi connectivity index (χ2v) is 4.93. The SMILES string of the molecule is COc1ccccc1NC(=O)C(=O)Nc1ccc(C)cc1C. The number of anilines is 2. The smallest absolute Gasteiger partial charge is 0.314 e. The molecule has 0 atom stereocenters. The molecule has 0 saturated carbocycles. The zero-order valence-electron chi connectivity index (χ0n) is 12.8. The quantitative estimate of drug-likeness (QED) is 0.856. The van der Waals surface area contributed by atoms with E-state index in [0.29, 0.717) is 17.1 Å². The van der Waals surface area contributed by atoms with E-state index in [1.807, 2.05) is 26.0 Å². The maximum Gasteiger partial charge on any atom is 0.314 e. The minimum absolute atomic E-state index is 0.450. The van der Waals surface area contributed by atoms with Crippen LogP contribution in [0.1, 0.15) is 11.1 Å². The van der Waals surface area contributed by atoms with Gasteiger partial charge in [-0.3, -0.25) is 9.59 Å². The molecule has 0 fully saturated rings. The van der Waals surface area contributed by atoms with Crippen molar-refractivity contribution in [1.29, 1.82) is 0 Å². The third-order valence-corrected chi connectivity index (χ3v) is 3.19. The van der Waals surface area contributed by atoms with Crippen molar-refractivity contribution in [3.63, 3.8) is 0 Å². The van der Waals surface area contributed by atoms with Gasteiger partial charge in [0, 0.05) is 5.69 Å². The molecule has 2 amide bonds. The molecule has 0 aliphatic carbocycles. The van der Waals surface area contributed by atoms with E-state index in [-0.39, 0.29) is 0 Å². The summed E-state index contributed by atoms with van der Waals surface area (Å²) in [4.78, 5) is 24.0. The number of carbonyl (C=O) groups is 2. The molecule has 5 nitrogen and oxygen atoms in total. The second-order valence-electron chi connectivity index (χ2n) is 4.93. The summed E-state index contributed by atoms with van der Waals surface area (Å²) in [5.41, 5.74) is 3.06. The Hall–Kier alpha value is -2.82. The van der Waals surface area contributed by atoms with Crippen molar-refractivity contribution in [3.8, 4) is 5.75 Å². The number of para-hydroxylation sites is 2. The molecule has 0 bridgehead atoms. The van der Waals surface area contributed by atoms with Gasteiger partial charge in [-0.1, -0.05) is 29.8 Å². The van der Waals surface area contributed by atoms with E-state index in [0.717, 1.165) is 11.1 Å². The van der Waals surface area contributed by atoms with Crippen LogP contribution in [0.3, 0.4) is 0 Å². The maximum absolute atomic E-state index is 12.0. The number of hydrogen-bond donors (Lipinski definition) is 2. The highest BCUT2D eigenvalue weighted by molar-refractivity contribution is 6.43. The van der Waals surface area contributed by atoms with Crippen molar-refractivity contribution in [1.82, 2.24) is 0 Å². The molecule has 0 spiro atoms. The van der Waals surface area contributed by atoms with Gasteiger partial charge in [-0.2, -0.15) is 0 Å². The molecule has 0 radical (unpaired) electrons. The first-order chi connectivity index (χ1) is 10.5. The molecule has 0 aliphatic heterocycles. The van der Waals surface area contributed by atoms with E-state index in [2.05, 4.69) is 10.6 Å². The van der Waals surface area contributed by atoms with Crippen molar-refractivity contribution >= 4 is 23.2 Å². The highest BCUT2D eigenvalue weighted by Crippen LogP contribution is 2.23. The molecule has 0 heterocycles. The zero-order chi connectivity index (χ0) is 16.1. The first kappa shape index (κ1) is 15.6. The number of hydrogen-bond acceptors (Lipinski definition) is 3. The third kappa shape index (κ3) is 3.63. The minimum atomic E-state index is -0.746. The number of amides is 2. The van der Waals surface area contributed by atoms with Crippen LogP contribution in [0.2, 0.25) is 0 Å². The Morgan fingerprint density at radius 1 is 0.909 bits per heavy atom.